The van der Waals surface area contributed by atoms with E-state index in [0.717, 1.165) is 11.6 Å². The van der Waals surface area contributed by atoms with E-state index in [1.165, 1.54) is 16.7 Å². The molecule has 0 atom stereocenters. The van der Waals surface area contributed by atoms with Gasteiger partial charge < -0.3 is 5.32 Å². The zero-order valence-electron chi connectivity index (χ0n) is 15.0. The van der Waals surface area contributed by atoms with Gasteiger partial charge in [0.15, 0.2) is 0 Å². The Hall–Kier alpha value is -0.791. The van der Waals surface area contributed by atoms with Crippen molar-refractivity contribution in [2.45, 2.75) is 27.2 Å². The Morgan fingerprint density at radius 3 is 1.80 bits per heavy atom. The van der Waals surface area contributed by atoms with Gasteiger partial charge in [-0.1, -0.05) is 17.7 Å². The maximum absolute atomic E-state index is 11.9. The summed E-state index contributed by atoms with van der Waals surface area (Å²) in [6.07, 6.45) is 18.1. The summed E-state index contributed by atoms with van der Waals surface area (Å²) in [6, 6.07) is 4.32. The molecule has 3 heteroatoms. The minimum atomic E-state index is 0. The quantitative estimate of drug-likeness (QED) is 0.773. The first-order valence-electron chi connectivity index (χ1n) is 8.31. The molecule has 2 nitrogen and oxygen atoms in total. The molecule has 0 aromatic heterocycles. The molecule has 1 N–H and O–H groups in total. The van der Waals surface area contributed by atoms with Crippen molar-refractivity contribution >= 4 is 11.5 Å². The van der Waals surface area contributed by atoms with Gasteiger partial charge in [0.2, 0.25) is 0 Å². The average Bonchev–Trinajstić information content (AvgIpc) is 3.25. The molecule has 2 aliphatic rings. The third-order valence-corrected chi connectivity index (χ3v) is 3.87. The van der Waals surface area contributed by atoms with Crippen molar-refractivity contribution in [2.75, 3.05) is 11.9 Å². The van der Waals surface area contributed by atoms with Crippen molar-refractivity contribution in [2.24, 2.45) is 0 Å². The van der Waals surface area contributed by atoms with Gasteiger partial charge >= 0.3 is 17.1 Å². The minimum absolute atomic E-state index is 0. The van der Waals surface area contributed by atoms with Crippen molar-refractivity contribution in [3.63, 3.8) is 0 Å². The van der Waals surface area contributed by atoms with E-state index in [4.69, 9.17) is 0 Å². The first kappa shape index (κ1) is 22.3. The van der Waals surface area contributed by atoms with Gasteiger partial charge in [-0.2, -0.15) is 0 Å². The number of benzene rings is 1. The van der Waals surface area contributed by atoms with Gasteiger partial charge in [-0.25, -0.2) is 0 Å². The van der Waals surface area contributed by atoms with Gasteiger partial charge in [0.1, 0.15) is 5.78 Å². The van der Waals surface area contributed by atoms with Crippen LogP contribution in [-0.4, -0.2) is 12.3 Å². The van der Waals surface area contributed by atoms with Crippen molar-refractivity contribution < 1.29 is 21.9 Å². The second kappa shape index (κ2) is 11.8. The van der Waals surface area contributed by atoms with Crippen LogP contribution in [0.1, 0.15) is 23.1 Å². The molecule has 10 radical (unpaired) electrons. The van der Waals surface area contributed by atoms with Gasteiger partial charge in [-0.3, -0.25) is 4.79 Å². The van der Waals surface area contributed by atoms with E-state index in [2.05, 4.69) is 38.2 Å². The second-order valence-electron chi connectivity index (χ2n) is 6.01. The molecule has 0 spiro atoms. The maximum atomic E-state index is 11.9. The minimum Gasteiger partial charge on any atom is -0.384 e. The molecule has 2 saturated carbocycles. The maximum Gasteiger partial charge on any atom is 2.00 e. The molecule has 0 amide bonds. The number of ketones is 1. The molecule has 0 aliphatic heterocycles. The molecule has 1 aromatic rings. The normalized spacial score (nSPS) is 16.8. The number of hydrogen-bond acceptors (Lipinski definition) is 2. The van der Waals surface area contributed by atoms with Crippen LogP contribution in [0.4, 0.5) is 5.69 Å². The van der Waals surface area contributed by atoms with E-state index >= 15 is 0 Å². The first-order chi connectivity index (χ1) is 11.6. The van der Waals surface area contributed by atoms with E-state index in [-0.39, 0.29) is 22.9 Å². The van der Waals surface area contributed by atoms with Crippen LogP contribution in [0.3, 0.4) is 0 Å². The number of Topliss-reactive ketones (excluding diaryl/α,β-unsaturated/α-hetero) is 1. The monoisotopic (exact) mass is 375 g/mol. The van der Waals surface area contributed by atoms with Crippen LogP contribution in [0, 0.1) is 84.5 Å². The van der Waals surface area contributed by atoms with Gasteiger partial charge in [0.25, 0.3) is 0 Å². The van der Waals surface area contributed by atoms with Crippen LogP contribution < -0.4 is 5.32 Å². The van der Waals surface area contributed by atoms with Crippen molar-refractivity contribution in [3.05, 3.63) is 92.5 Å². The fourth-order valence-corrected chi connectivity index (χ4v) is 2.78. The van der Waals surface area contributed by atoms with Gasteiger partial charge in [0, 0.05) is 24.6 Å². The Bertz CT molecular complexity index is 500. The Kier molecular flexibility index (Phi) is 10.5. The van der Waals surface area contributed by atoms with Crippen LogP contribution in [-0.2, 0) is 21.9 Å². The summed E-state index contributed by atoms with van der Waals surface area (Å²) < 4.78 is 0. The summed E-state index contributed by atoms with van der Waals surface area (Å²) in [5.74, 6) is 0.999. The molecule has 25 heavy (non-hydrogen) atoms. The molecule has 130 valence electrons. The molecular weight excluding hydrogens is 350 g/mol. The molecule has 0 bridgehead atoms. The summed E-state index contributed by atoms with van der Waals surface area (Å²) in [6.45, 7) is 6.97. The summed E-state index contributed by atoms with van der Waals surface area (Å²) in [7, 11) is 0. The van der Waals surface area contributed by atoms with Crippen LogP contribution in [0.15, 0.2) is 12.1 Å². The van der Waals surface area contributed by atoms with Gasteiger partial charge in [-0.15, -0.1) is 0 Å². The summed E-state index contributed by atoms with van der Waals surface area (Å²) in [5, 5.41) is 3.38. The fraction of sp³-hybridized carbons (Fsp3) is 0.227. The molecule has 0 heterocycles. The van der Waals surface area contributed by atoms with Gasteiger partial charge in [-0.05, 0) is 89.7 Å². The van der Waals surface area contributed by atoms with Gasteiger partial charge in [0.05, 0.1) is 0 Å². The Morgan fingerprint density at radius 1 is 0.840 bits per heavy atom. The number of anilines is 1. The zero-order valence-corrected chi connectivity index (χ0v) is 16.1. The molecule has 0 unspecified atom stereocenters. The van der Waals surface area contributed by atoms with Crippen molar-refractivity contribution in [3.8, 4) is 0 Å². The SMILES string of the molecule is Cc1cc(C)c(NCCC(=O)[C]2[CH][CH][CH][CH]2)c(C)c1.[CH]1[CH][CH][CH][CH]1.[Fe+2]. The van der Waals surface area contributed by atoms with Crippen molar-refractivity contribution in [1.82, 2.24) is 0 Å². The number of nitrogens with one attached hydrogen (secondary N) is 1. The zero-order chi connectivity index (χ0) is 17.4. The number of carbonyl (C=O) groups is 1. The molecule has 2 fully saturated rings. The van der Waals surface area contributed by atoms with E-state index in [0.29, 0.717) is 13.0 Å². The van der Waals surface area contributed by atoms with E-state index in [9.17, 15) is 4.79 Å². The average molecular weight is 375 g/mol. The van der Waals surface area contributed by atoms with Crippen LogP contribution >= 0.6 is 0 Å². The van der Waals surface area contributed by atoms with E-state index < -0.39 is 0 Å². The van der Waals surface area contributed by atoms with Crippen LogP contribution in [0.25, 0.3) is 0 Å². The standard InChI is InChI=1S/C17H20NO.C5H5.Fe/c1-12-10-13(2)17(14(3)11-12)18-9-8-16(19)15-6-4-5-7-15;1-2-4-5-3-1;/h4-7,10-11,18H,8-9H2,1-3H3;1-5H;/q;;+2. The van der Waals surface area contributed by atoms with E-state index in [1.54, 1.807) is 0 Å². The Morgan fingerprint density at radius 2 is 1.32 bits per heavy atom. The third kappa shape index (κ3) is 7.54. The molecule has 2 aliphatic carbocycles. The molecule has 0 saturated heterocycles. The second-order valence-corrected chi connectivity index (χ2v) is 6.01. The predicted octanol–water partition coefficient (Wildman–Crippen LogP) is 4.41. The molecular formula is C22H25FeNO+2. The largest absolute Gasteiger partial charge is 2.00 e. The summed E-state index contributed by atoms with van der Waals surface area (Å²) >= 11 is 0. The molecule has 1 aromatic carbocycles. The Balaban J connectivity index is 0.000000448. The number of rotatable bonds is 5. The predicted molar refractivity (Wildman–Crippen MR) is 101 cm³/mol. The van der Waals surface area contributed by atoms with Crippen molar-refractivity contribution in [1.29, 1.82) is 0 Å². The Labute approximate surface area is 165 Å². The smallest absolute Gasteiger partial charge is 0.384 e. The van der Waals surface area contributed by atoms with Crippen LogP contribution in [0.5, 0.6) is 0 Å². The fourth-order valence-electron chi connectivity index (χ4n) is 2.78. The summed E-state index contributed by atoms with van der Waals surface area (Å²) in [5.41, 5.74) is 4.89. The third-order valence-electron chi connectivity index (χ3n) is 3.87. The van der Waals surface area contributed by atoms with E-state index in [1.807, 2.05) is 57.8 Å². The summed E-state index contributed by atoms with van der Waals surface area (Å²) in [4.78, 5) is 11.9. The first-order valence-corrected chi connectivity index (χ1v) is 8.31. The van der Waals surface area contributed by atoms with Crippen LogP contribution in [0.2, 0.25) is 0 Å². The topological polar surface area (TPSA) is 29.1 Å². The molecule has 3 rings (SSSR count). The number of carbonyl (C=O) groups excluding carboxylic acids is 1. The number of hydrogen-bond donors (Lipinski definition) is 1. The number of aryl methyl sites for hydroxylation is 3.